The highest BCUT2D eigenvalue weighted by Gasteiger charge is 2.44. The summed E-state index contributed by atoms with van der Waals surface area (Å²) in [5.41, 5.74) is 0. The molecule has 1 aromatic carbocycles. The molecule has 0 amide bonds. The van der Waals surface area contributed by atoms with E-state index in [9.17, 15) is 22.0 Å². The lowest BCUT2D eigenvalue weighted by molar-refractivity contribution is -0.142. The van der Waals surface area contributed by atoms with Gasteiger partial charge in [-0.3, -0.25) is 9.69 Å². The van der Waals surface area contributed by atoms with E-state index in [0.29, 0.717) is 0 Å². The van der Waals surface area contributed by atoms with E-state index < -0.39 is 40.1 Å². The molecule has 0 bridgehead atoms. The molecular weight excluding hydrogens is 340 g/mol. The van der Waals surface area contributed by atoms with Crippen molar-refractivity contribution in [1.82, 2.24) is 4.90 Å². The Morgan fingerprint density at radius 1 is 1.41 bits per heavy atom. The molecule has 5 nitrogen and oxygen atoms in total. The van der Waals surface area contributed by atoms with E-state index >= 15 is 0 Å². The Balaban J connectivity index is 2.30. The molecule has 0 aliphatic carbocycles. The van der Waals surface area contributed by atoms with Crippen LogP contribution in [0.15, 0.2) is 29.2 Å². The van der Waals surface area contributed by atoms with E-state index in [1.807, 2.05) is 0 Å². The van der Waals surface area contributed by atoms with E-state index in [-0.39, 0.29) is 22.9 Å². The topological polar surface area (TPSA) is 74.7 Å². The third-order valence-corrected chi connectivity index (χ3v) is 6.23. The van der Waals surface area contributed by atoms with Crippen molar-refractivity contribution in [3.05, 3.63) is 29.3 Å². The van der Waals surface area contributed by atoms with Gasteiger partial charge in [-0.2, -0.15) is 0 Å². The summed E-state index contributed by atoms with van der Waals surface area (Å²) in [5, 5.41) is 8.05. The highest BCUT2D eigenvalue weighted by molar-refractivity contribution is 7.92. The van der Waals surface area contributed by atoms with E-state index in [1.54, 1.807) is 6.07 Å². The van der Waals surface area contributed by atoms with Gasteiger partial charge in [0.15, 0.2) is 9.84 Å². The number of nitrogens with zero attached hydrogens (tertiary/aromatic N) is 1. The zero-order valence-electron chi connectivity index (χ0n) is 11.3. The SMILES string of the molecule is O=C(O)[C@@H]1C[C@@H](S(=O)(=O)c2ccccc2Cl)CN1CC(F)F. The highest BCUT2D eigenvalue weighted by atomic mass is 35.5. The molecule has 9 heteroatoms. The minimum atomic E-state index is -3.89. The number of carbonyl (C=O) groups is 1. The first kappa shape index (κ1) is 17.1. The molecule has 2 rings (SSSR count). The van der Waals surface area contributed by atoms with Gasteiger partial charge in [-0.05, 0) is 18.6 Å². The molecule has 1 heterocycles. The summed E-state index contributed by atoms with van der Waals surface area (Å²) in [6, 6.07) is 4.56. The standard InChI is InChI=1S/C13H14ClF2NO4S/c14-9-3-1-2-4-11(9)22(20,21)8-5-10(13(18)19)17(6-8)7-12(15)16/h1-4,8,10,12H,5-7H2,(H,18,19)/t8-,10+/m1/s1. The summed E-state index contributed by atoms with van der Waals surface area (Å²) < 4.78 is 50.2. The van der Waals surface area contributed by atoms with Crippen LogP contribution in [0, 0.1) is 0 Å². The van der Waals surface area contributed by atoms with Crippen LogP contribution < -0.4 is 0 Å². The maximum Gasteiger partial charge on any atom is 0.320 e. The van der Waals surface area contributed by atoms with Crippen molar-refractivity contribution in [2.75, 3.05) is 13.1 Å². The van der Waals surface area contributed by atoms with Crippen LogP contribution in [-0.2, 0) is 14.6 Å². The fourth-order valence-electron chi connectivity index (χ4n) is 2.58. The minimum Gasteiger partial charge on any atom is -0.480 e. The normalized spacial score (nSPS) is 23.1. The number of likely N-dealkylation sites (tertiary alicyclic amines) is 1. The maximum atomic E-state index is 12.6. The number of hydrogen-bond acceptors (Lipinski definition) is 4. The van der Waals surface area contributed by atoms with Crippen LogP contribution in [0.5, 0.6) is 0 Å². The quantitative estimate of drug-likeness (QED) is 0.875. The van der Waals surface area contributed by atoms with Crippen molar-refractivity contribution in [2.24, 2.45) is 0 Å². The van der Waals surface area contributed by atoms with Crippen LogP contribution in [0.4, 0.5) is 8.78 Å². The zero-order chi connectivity index (χ0) is 16.5. The molecule has 1 aliphatic heterocycles. The minimum absolute atomic E-state index is 0.0293. The summed E-state index contributed by atoms with van der Waals surface area (Å²) in [4.78, 5) is 12.0. The predicted octanol–water partition coefficient (Wildman–Crippen LogP) is 1.91. The number of hydrogen-bond donors (Lipinski definition) is 1. The number of carboxylic acid groups (broad SMARTS) is 1. The third-order valence-electron chi connectivity index (χ3n) is 3.60. The maximum absolute atomic E-state index is 12.6. The summed E-state index contributed by atoms with van der Waals surface area (Å²) >= 11 is 5.88. The first-order valence-electron chi connectivity index (χ1n) is 6.47. The number of rotatable bonds is 5. The molecule has 0 saturated carbocycles. The number of aliphatic carboxylic acids is 1. The van der Waals surface area contributed by atoms with Crippen LogP contribution in [0.25, 0.3) is 0 Å². The average Bonchev–Trinajstić information content (AvgIpc) is 2.83. The Labute approximate surface area is 131 Å². The van der Waals surface area contributed by atoms with Crippen LogP contribution in [0.3, 0.4) is 0 Å². The summed E-state index contributed by atoms with van der Waals surface area (Å²) in [6.45, 7) is -1.03. The van der Waals surface area contributed by atoms with E-state index in [0.717, 1.165) is 4.90 Å². The number of halogens is 3. The molecule has 1 aromatic rings. The average molecular weight is 354 g/mol. The van der Waals surface area contributed by atoms with Gasteiger partial charge in [0.25, 0.3) is 6.43 Å². The van der Waals surface area contributed by atoms with Crippen molar-refractivity contribution in [3.8, 4) is 0 Å². The molecule has 1 saturated heterocycles. The van der Waals surface area contributed by atoms with Crippen molar-refractivity contribution >= 4 is 27.4 Å². The van der Waals surface area contributed by atoms with Crippen molar-refractivity contribution < 1.29 is 27.1 Å². The molecule has 1 fully saturated rings. The van der Waals surface area contributed by atoms with Crippen LogP contribution >= 0.6 is 11.6 Å². The molecule has 0 radical (unpaired) electrons. The Morgan fingerprint density at radius 3 is 2.59 bits per heavy atom. The van der Waals surface area contributed by atoms with Crippen molar-refractivity contribution in [1.29, 1.82) is 0 Å². The molecule has 2 atom stereocenters. The van der Waals surface area contributed by atoms with Gasteiger partial charge in [-0.1, -0.05) is 23.7 Å². The van der Waals surface area contributed by atoms with Gasteiger partial charge in [-0.25, -0.2) is 17.2 Å². The molecular formula is C13H14ClF2NO4S. The Kier molecular flexibility index (Phi) is 5.03. The number of benzene rings is 1. The fourth-order valence-corrected chi connectivity index (χ4v) is 4.83. The van der Waals surface area contributed by atoms with E-state index in [1.165, 1.54) is 18.2 Å². The zero-order valence-corrected chi connectivity index (χ0v) is 12.9. The van der Waals surface area contributed by atoms with Gasteiger partial charge in [-0.15, -0.1) is 0 Å². The van der Waals surface area contributed by atoms with E-state index in [4.69, 9.17) is 16.7 Å². The summed E-state index contributed by atoms with van der Waals surface area (Å²) in [5.74, 6) is -1.31. The monoisotopic (exact) mass is 353 g/mol. The lowest BCUT2D eigenvalue weighted by atomic mass is 10.2. The second kappa shape index (κ2) is 6.47. The highest BCUT2D eigenvalue weighted by Crippen LogP contribution is 2.31. The van der Waals surface area contributed by atoms with Gasteiger partial charge in [0.1, 0.15) is 6.04 Å². The number of alkyl halides is 2. The fraction of sp³-hybridized carbons (Fsp3) is 0.462. The van der Waals surface area contributed by atoms with Gasteiger partial charge in [0, 0.05) is 6.54 Å². The van der Waals surface area contributed by atoms with Gasteiger partial charge in [0.05, 0.1) is 21.7 Å². The smallest absolute Gasteiger partial charge is 0.320 e. The Morgan fingerprint density at radius 2 is 2.05 bits per heavy atom. The molecule has 0 unspecified atom stereocenters. The lowest BCUT2D eigenvalue weighted by Gasteiger charge is -2.20. The van der Waals surface area contributed by atoms with Crippen molar-refractivity contribution in [3.63, 3.8) is 0 Å². The second-order valence-corrected chi connectivity index (χ2v) is 7.64. The summed E-state index contributed by atoms with van der Waals surface area (Å²) in [6.07, 6.45) is -2.97. The Hall–Kier alpha value is -1.25. The molecule has 122 valence electrons. The third kappa shape index (κ3) is 3.39. The molecule has 22 heavy (non-hydrogen) atoms. The number of sulfone groups is 1. The van der Waals surface area contributed by atoms with Gasteiger partial charge < -0.3 is 5.11 Å². The number of carboxylic acids is 1. The predicted molar refractivity (Wildman–Crippen MR) is 76.0 cm³/mol. The van der Waals surface area contributed by atoms with E-state index in [2.05, 4.69) is 0 Å². The van der Waals surface area contributed by atoms with Crippen LogP contribution in [-0.4, -0.2) is 55.2 Å². The van der Waals surface area contributed by atoms with Crippen LogP contribution in [0.2, 0.25) is 5.02 Å². The molecule has 1 aliphatic rings. The second-order valence-electron chi connectivity index (χ2n) is 5.03. The summed E-state index contributed by atoms with van der Waals surface area (Å²) in [7, 11) is -3.89. The van der Waals surface area contributed by atoms with Gasteiger partial charge >= 0.3 is 5.97 Å². The Bertz CT molecular complexity index is 668. The largest absolute Gasteiger partial charge is 0.480 e. The first-order chi connectivity index (χ1) is 10.2. The molecule has 0 spiro atoms. The molecule has 0 aromatic heterocycles. The first-order valence-corrected chi connectivity index (χ1v) is 8.39. The van der Waals surface area contributed by atoms with Crippen LogP contribution in [0.1, 0.15) is 6.42 Å². The van der Waals surface area contributed by atoms with Crippen molar-refractivity contribution in [2.45, 2.75) is 29.0 Å². The van der Waals surface area contributed by atoms with Gasteiger partial charge in [0.2, 0.25) is 0 Å². The lowest BCUT2D eigenvalue weighted by Crippen LogP contribution is -2.39. The molecule has 1 N–H and O–H groups in total.